The second-order valence-corrected chi connectivity index (χ2v) is 3.39. The molecule has 0 saturated heterocycles. The number of hydrogen-bond acceptors (Lipinski definition) is 3. The van der Waals surface area contributed by atoms with E-state index in [4.69, 9.17) is 10.8 Å². The maximum Gasteiger partial charge on any atom is 0.325 e. The van der Waals surface area contributed by atoms with Gasteiger partial charge in [-0.15, -0.1) is 0 Å². The quantitative estimate of drug-likeness (QED) is 0.754. The van der Waals surface area contributed by atoms with Crippen LogP contribution in [0.25, 0.3) is 11.0 Å². The van der Waals surface area contributed by atoms with Gasteiger partial charge in [-0.3, -0.25) is 4.79 Å². The highest BCUT2D eigenvalue weighted by Crippen LogP contribution is 2.23. The van der Waals surface area contributed by atoms with E-state index < -0.39 is 12.0 Å². The van der Waals surface area contributed by atoms with Crippen molar-refractivity contribution in [3.05, 3.63) is 30.1 Å². The zero-order valence-corrected chi connectivity index (χ0v) is 8.21. The molecular formula is C10H11N3O2. The molecule has 5 nitrogen and oxygen atoms in total. The minimum Gasteiger partial charge on any atom is -0.480 e. The number of nitrogens with two attached hydrogens (primary N) is 1. The number of aromatic nitrogens is 2. The lowest BCUT2D eigenvalue weighted by atomic mass is 10.1. The van der Waals surface area contributed by atoms with Crippen LogP contribution in [-0.2, 0) is 11.8 Å². The molecule has 0 bridgehead atoms. The van der Waals surface area contributed by atoms with Gasteiger partial charge in [-0.2, -0.15) is 0 Å². The molecule has 15 heavy (non-hydrogen) atoms. The third-order valence-corrected chi connectivity index (χ3v) is 2.37. The molecule has 78 valence electrons. The van der Waals surface area contributed by atoms with Crippen LogP contribution in [0.5, 0.6) is 0 Å². The monoisotopic (exact) mass is 205 g/mol. The van der Waals surface area contributed by atoms with Crippen LogP contribution in [0.2, 0.25) is 0 Å². The summed E-state index contributed by atoms with van der Waals surface area (Å²) in [6.45, 7) is 0. The van der Waals surface area contributed by atoms with E-state index in [0.29, 0.717) is 5.56 Å². The summed E-state index contributed by atoms with van der Waals surface area (Å²) in [6.07, 6.45) is 3.37. The van der Waals surface area contributed by atoms with Crippen LogP contribution in [0, 0.1) is 0 Å². The van der Waals surface area contributed by atoms with Crippen LogP contribution < -0.4 is 5.73 Å². The highest BCUT2D eigenvalue weighted by molar-refractivity contribution is 5.87. The van der Waals surface area contributed by atoms with Crippen LogP contribution in [0.15, 0.2) is 24.5 Å². The van der Waals surface area contributed by atoms with E-state index in [0.717, 1.165) is 11.0 Å². The molecule has 3 N–H and O–H groups in total. The number of nitrogens with zero attached hydrogens (tertiary/aromatic N) is 2. The number of pyridine rings is 1. The van der Waals surface area contributed by atoms with E-state index in [2.05, 4.69) is 4.98 Å². The van der Waals surface area contributed by atoms with Crippen molar-refractivity contribution in [2.45, 2.75) is 6.04 Å². The van der Waals surface area contributed by atoms with Gasteiger partial charge in [-0.25, -0.2) is 4.98 Å². The number of aliphatic carboxylic acids is 1. The fourth-order valence-corrected chi connectivity index (χ4v) is 1.62. The molecule has 1 unspecified atom stereocenters. The summed E-state index contributed by atoms with van der Waals surface area (Å²) >= 11 is 0. The maximum absolute atomic E-state index is 10.8. The molecule has 0 amide bonds. The molecule has 5 heteroatoms. The van der Waals surface area contributed by atoms with E-state index >= 15 is 0 Å². The van der Waals surface area contributed by atoms with E-state index in [1.54, 1.807) is 23.0 Å². The molecule has 0 aliphatic carbocycles. The van der Waals surface area contributed by atoms with Gasteiger partial charge in [0.15, 0.2) is 0 Å². The van der Waals surface area contributed by atoms with Crippen LogP contribution in [0.1, 0.15) is 11.6 Å². The van der Waals surface area contributed by atoms with Crippen molar-refractivity contribution in [3.63, 3.8) is 0 Å². The lowest BCUT2D eigenvalue weighted by Crippen LogP contribution is -2.20. The SMILES string of the molecule is Cn1cc(C(N)C(=O)O)c2cccnc21. The summed E-state index contributed by atoms with van der Waals surface area (Å²) in [5, 5.41) is 9.64. The Kier molecular flexibility index (Phi) is 2.17. The lowest BCUT2D eigenvalue weighted by molar-refractivity contribution is -0.138. The Morgan fingerprint density at radius 1 is 1.67 bits per heavy atom. The van der Waals surface area contributed by atoms with Gasteiger partial charge in [-0.05, 0) is 12.1 Å². The number of carboxylic acid groups (broad SMARTS) is 1. The van der Waals surface area contributed by atoms with E-state index in [1.165, 1.54) is 0 Å². The molecule has 2 rings (SSSR count). The van der Waals surface area contributed by atoms with Crippen molar-refractivity contribution in [1.82, 2.24) is 9.55 Å². The van der Waals surface area contributed by atoms with Gasteiger partial charge in [0.05, 0.1) is 0 Å². The van der Waals surface area contributed by atoms with Crippen molar-refractivity contribution < 1.29 is 9.90 Å². The summed E-state index contributed by atoms with van der Waals surface area (Å²) < 4.78 is 1.77. The average Bonchev–Trinajstić information content (AvgIpc) is 2.56. The fourth-order valence-electron chi connectivity index (χ4n) is 1.62. The first-order chi connectivity index (χ1) is 7.11. The molecule has 0 saturated carbocycles. The summed E-state index contributed by atoms with van der Waals surface area (Å²) in [7, 11) is 1.81. The maximum atomic E-state index is 10.8. The predicted molar refractivity (Wildman–Crippen MR) is 55.3 cm³/mol. The Morgan fingerprint density at radius 2 is 2.40 bits per heavy atom. The first kappa shape index (κ1) is 9.67. The molecule has 0 radical (unpaired) electrons. The molecule has 0 aliphatic heterocycles. The normalized spacial score (nSPS) is 12.9. The minimum atomic E-state index is -1.04. The van der Waals surface area contributed by atoms with Crippen molar-refractivity contribution in [1.29, 1.82) is 0 Å². The van der Waals surface area contributed by atoms with Gasteiger partial charge in [0.1, 0.15) is 11.7 Å². The Balaban J connectivity index is 2.67. The van der Waals surface area contributed by atoms with Crippen LogP contribution in [-0.4, -0.2) is 20.6 Å². The van der Waals surface area contributed by atoms with Gasteiger partial charge in [0, 0.05) is 30.4 Å². The standard InChI is InChI=1S/C10H11N3O2/c1-13-5-7(8(11)10(14)15)6-3-2-4-12-9(6)13/h2-5,8H,11H2,1H3,(H,14,15). The number of rotatable bonds is 2. The molecule has 0 aromatic carbocycles. The molecule has 2 heterocycles. The van der Waals surface area contributed by atoms with E-state index in [9.17, 15) is 4.79 Å². The van der Waals surface area contributed by atoms with Gasteiger partial charge >= 0.3 is 5.97 Å². The molecule has 0 spiro atoms. The Bertz CT molecular complexity index is 518. The number of fused-ring (bicyclic) bond motifs is 1. The molecule has 2 aromatic heterocycles. The minimum absolute atomic E-state index is 0.591. The van der Waals surface area contributed by atoms with Crippen molar-refractivity contribution >= 4 is 17.0 Å². The van der Waals surface area contributed by atoms with Crippen LogP contribution >= 0.6 is 0 Å². The number of aryl methyl sites for hydroxylation is 1. The van der Waals surface area contributed by atoms with E-state index in [1.807, 2.05) is 13.1 Å². The second kappa shape index (κ2) is 3.36. The molecule has 2 aromatic rings. The van der Waals surface area contributed by atoms with Gasteiger partial charge in [0.2, 0.25) is 0 Å². The number of carboxylic acids is 1. The van der Waals surface area contributed by atoms with Crippen molar-refractivity contribution in [3.8, 4) is 0 Å². The Labute approximate surface area is 86.1 Å². The third-order valence-electron chi connectivity index (χ3n) is 2.37. The Hall–Kier alpha value is -1.88. The van der Waals surface area contributed by atoms with Crippen molar-refractivity contribution in [2.75, 3.05) is 0 Å². The number of hydrogen-bond donors (Lipinski definition) is 2. The smallest absolute Gasteiger partial charge is 0.325 e. The topological polar surface area (TPSA) is 81.1 Å². The first-order valence-corrected chi connectivity index (χ1v) is 4.49. The lowest BCUT2D eigenvalue weighted by Gasteiger charge is -2.03. The molecule has 0 fully saturated rings. The van der Waals surface area contributed by atoms with Crippen LogP contribution in [0.4, 0.5) is 0 Å². The molecular weight excluding hydrogens is 194 g/mol. The van der Waals surface area contributed by atoms with Gasteiger partial charge < -0.3 is 15.4 Å². The molecule has 1 atom stereocenters. The first-order valence-electron chi connectivity index (χ1n) is 4.49. The largest absolute Gasteiger partial charge is 0.480 e. The predicted octanol–water partition coefficient (Wildman–Crippen LogP) is 0.658. The average molecular weight is 205 g/mol. The Morgan fingerprint density at radius 3 is 3.07 bits per heavy atom. The van der Waals surface area contributed by atoms with Crippen LogP contribution in [0.3, 0.4) is 0 Å². The zero-order chi connectivity index (χ0) is 11.0. The summed E-state index contributed by atoms with van der Waals surface area (Å²) in [5.74, 6) is -1.04. The van der Waals surface area contributed by atoms with E-state index in [-0.39, 0.29) is 0 Å². The third kappa shape index (κ3) is 1.46. The zero-order valence-electron chi connectivity index (χ0n) is 8.21. The highest BCUT2D eigenvalue weighted by atomic mass is 16.4. The summed E-state index contributed by atoms with van der Waals surface area (Å²) in [5.41, 5.74) is 6.91. The highest BCUT2D eigenvalue weighted by Gasteiger charge is 2.19. The second-order valence-electron chi connectivity index (χ2n) is 3.39. The van der Waals surface area contributed by atoms with Crippen molar-refractivity contribution in [2.24, 2.45) is 12.8 Å². The fraction of sp³-hybridized carbons (Fsp3) is 0.200. The van der Waals surface area contributed by atoms with Gasteiger partial charge in [0.25, 0.3) is 0 Å². The number of carbonyl (C=O) groups is 1. The molecule has 0 aliphatic rings. The summed E-state index contributed by atoms with van der Waals surface area (Å²) in [6, 6.07) is 2.58. The summed E-state index contributed by atoms with van der Waals surface area (Å²) in [4.78, 5) is 15.0. The van der Waals surface area contributed by atoms with Gasteiger partial charge in [-0.1, -0.05) is 0 Å².